The Labute approximate surface area is 167 Å². The Bertz CT molecular complexity index is 615. The van der Waals surface area contributed by atoms with E-state index in [1.165, 1.54) is 12.5 Å². The van der Waals surface area contributed by atoms with E-state index in [1.54, 1.807) is 0 Å². The highest BCUT2D eigenvalue weighted by Gasteiger charge is 2.37. The van der Waals surface area contributed by atoms with Crippen LogP contribution in [0.5, 0.6) is 0 Å². The Hall–Kier alpha value is -1.51. The second-order valence-electron chi connectivity index (χ2n) is 7.88. The van der Waals surface area contributed by atoms with Crippen molar-refractivity contribution < 1.29 is 19.0 Å². The molecular formula is C21H33N3O4. The number of nitrogens with two attached hydrogens (primary N) is 2. The molecule has 5 N–H and O–H groups in total. The molecule has 0 spiro atoms. The lowest BCUT2D eigenvalue weighted by atomic mass is 9.90. The predicted octanol–water partition coefficient (Wildman–Crippen LogP) is 1.44. The second-order valence-corrected chi connectivity index (χ2v) is 7.88. The smallest absolute Gasteiger partial charge is 0.302 e. The zero-order chi connectivity index (χ0) is 19.9. The number of hydrogen-bond donors (Lipinski definition) is 3. The molecule has 0 radical (unpaired) electrons. The van der Waals surface area contributed by atoms with Gasteiger partial charge in [0.2, 0.25) is 0 Å². The monoisotopic (exact) mass is 391 g/mol. The van der Waals surface area contributed by atoms with Crippen LogP contribution in [0.2, 0.25) is 0 Å². The molecule has 6 atom stereocenters. The van der Waals surface area contributed by atoms with Gasteiger partial charge >= 0.3 is 5.97 Å². The number of hydrogen-bond acceptors (Lipinski definition) is 7. The summed E-state index contributed by atoms with van der Waals surface area (Å²) in [6, 6.07) is 10.1. The van der Waals surface area contributed by atoms with Gasteiger partial charge in [-0.3, -0.25) is 4.79 Å². The predicted molar refractivity (Wildman–Crippen MR) is 106 cm³/mol. The number of rotatable bonds is 7. The van der Waals surface area contributed by atoms with Crippen molar-refractivity contribution >= 4 is 5.97 Å². The van der Waals surface area contributed by atoms with E-state index in [2.05, 4.69) is 17.4 Å². The Kier molecular flexibility index (Phi) is 7.82. The Balaban J connectivity index is 1.50. The first kappa shape index (κ1) is 21.2. The Morgan fingerprint density at radius 3 is 2.68 bits per heavy atom. The normalized spacial score (nSPS) is 33.4. The highest BCUT2D eigenvalue weighted by molar-refractivity contribution is 5.66. The van der Waals surface area contributed by atoms with Crippen LogP contribution in [0.15, 0.2) is 30.3 Å². The van der Waals surface area contributed by atoms with Gasteiger partial charge in [0.05, 0.1) is 18.2 Å². The lowest BCUT2D eigenvalue weighted by Gasteiger charge is -2.40. The minimum atomic E-state index is -0.491. The molecule has 0 aromatic heterocycles. The minimum absolute atomic E-state index is 0.0279. The van der Waals surface area contributed by atoms with Gasteiger partial charge in [-0.1, -0.05) is 30.3 Å². The quantitative estimate of drug-likeness (QED) is 0.603. The fourth-order valence-electron chi connectivity index (χ4n) is 3.93. The lowest BCUT2D eigenvalue weighted by Crippen LogP contribution is -2.52. The standard InChI is InChI=1S/C21H33N3O4/c1-14(25)26-20-11-16(22)7-10-19(20)28-21-18(23)9-8-17(27-21)13-24-12-15-5-3-2-4-6-15/h2-6,16-21,24H,7-13,22-23H2,1H3/t16?,17?,18?,19-,20?,21-/m1/s1. The molecule has 3 rings (SSSR count). The van der Waals surface area contributed by atoms with E-state index in [0.717, 1.165) is 38.8 Å². The molecule has 1 aromatic carbocycles. The van der Waals surface area contributed by atoms with Crippen LogP contribution >= 0.6 is 0 Å². The fourth-order valence-corrected chi connectivity index (χ4v) is 3.93. The molecule has 0 bridgehead atoms. The number of carbonyl (C=O) groups excluding carboxylic acids is 1. The van der Waals surface area contributed by atoms with Crippen molar-refractivity contribution in [2.24, 2.45) is 11.5 Å². The zero-order valence-corrected chi connectivity index (χ0v) is 16.6. The van der Waals surface area contributed by atoms with Gasteiger partial charge in [-0.15, -0.1) is 0 Å². The molecule has 156 valence electrons. The highest BCUT2D eigenvalue weighted by atomic mass is 16.7. The average Bonchev–Trinajstić information content (AvgIpc) is 2.67. The first-order valence-electron chi connectivity index (χ1n) is 10.2. The number of esters is 1. The van der Waals surface area contributed by atoms with Crippen LogP contribution in [0, 0.1) is 0 Å². The molecule has 1 aliphatic carbocycles. The fraction of sp³-hybridized carbons (Fsp3) is 0.667. The van der Waals surface area contributed by atoms with E-state index in [4.69, 9.17) is 25.7 Å². The van der Waals surface area contributed by atoms with Crippen molar-refractivity contribution in [1.29, 1.82) is 0 Å². The molecule has 2 aliphatic rings. The summed E-state index contributed by atoms with van der Waals surface area (Å²) in [6.45, 7) is 2.95. The SMILES string of the molecule is CC(=O)OC1CC(N)CC[C@H]1O[C@H]1OC(CNCc2ccccc2)CCC1N. The van der Waals surface area contributed by atoms with Crippen LogP contribution in [0.25, 0.3) is 0 Å². The molecule has 1 aromatic rings. The van der Waals surface area contributed by atoms with Gasteiger partial charge in [-0.25, -0.2) is 0 Å². The van der Waals surface area contributed by atoms with Crippen molar-refractivity contribution in [2.75, 3.05) is 6.54 Å². The summed E-state index contributed by atoms with van der Waals surface area (Å²) >= 11 is 0. The van der Waals surface area contributed by atoms with Gasteiger partial charge in [0.15, 0.2) is 6.29 Å². The van der Waals surface area contributed by atoms with Gasteiger partial charge in [0.25, 0.3) is 0 Å². The molecule has 1 aliphatic heterocycles. The van der Waals surface area contributed by atoms with E-state index in [9.17, 15) is 4.79 Å². The first-order chi connectivity index (χ1) is 13.5. The maximum atomic E-state index is 11.4. The molecular weight excluding hydrogens is 358 g/mol. The Morgan fingerprint density at radius 1 is 1.14 bits per heavy atom. The third-order valence-corrected chi connectivity index (χ3v) is 5.44. The van der Waals surface area contributed by atoms with Gasteiger partial charge < -0.3 is 31.0 Å². The van der Waals surface area contributed by atoms with Crippen molar-refractivity contribution in [3.8, 4) is 0 Å². The molecule has 1 saturated carbocycles. The molecule has 7 heteroatoms. The maximum Gasteiger partial charge on any atom is 0.302 e. The van der Waals surface area contributed by atoms with Crippen LogP contribution in [0.1, 0.15) is 44.6 Å². The van der Waals surface area contributed by atoms with E-state index in [0.29, 0.717) is 6.42 Å². The third-order valence-electron chi connectivity index (χ3n) is 5.44. The molecule has 7 nitrogen and oxygen atoms in total. The number of carbonyl (C=O) groups is 1. The van der Waals surface area contributed by atoms with Gasteiger partial charge in [0, 0.05) is 32.5 Å². The summed E-state index contributed by atoms with van der Waals surface area (Å²) in [5.74, 6) is -0.315. The minimum Gasteiger partial charge on any atom is -0.460 e. The van der Waals surface area contributed by atoms with Crippen LogP contribution in [0.4, 0.5) is 0 Å². The van der Waals surface area contributed by atoms with Gasteiger partial charge in [-0.05, 0) is 31.2 Å². The van der Waals surface area contributed by atoms with Crippen LogP contribution < -0.4 is 16.8 Å². The molecule has 1 heterocycles. The molecule has 2 fully saturated rings. The third kappa shape index (κ3) is 6.25. The van der Waals surface area contributed by atoms with Crippen molar-refractivity contribution in [3.05, 3.63) is 35.9 Å². The second kappa shape index (κ2) is 10.3. The van der Waals surface area contributed by atoms with Crippen LogP contribution in [-0.4, -0.2) is 49.2 Å². The number of ether oxygens (including phenoxy) is 3. The molecule has 0 amide bonds. The first-order valence-corrected chi connectivity index (χ1v) is 10.2. The van der Waals surface area contributed by atoms with Crippen LogP contribution in [-0.2, 0) is 25.5 Å². The van der Waals surface area contributed by atoms with E-state index < -0.39 is 6.29 Å². The largest absolute Gasteiger partial charge is 0.460 e. The highest BCUT2D eigenvalue weighted by Crippen LogP contribution is 2.28. The number of nitrogens with one attached hydrogen (secondary N) is 1. The van der Waals surface area contributed by atoms with E-state index in [-0.39, 0.29) is 36.4 Å². The van der Waals surface area contributed by atoms with Gasteiger partial charge in [0.1, 0.15) is 6.10 Å². The molecule has 4 unspecified atom stereocenters. The zero-order valence-electron chi connectivity index (χ0n) is 16.6. The molecule has 1 saturated heterocycles. The Morgan fingerprint density at radius 2 is 1.93 bits per heavy atom. The van der Waals surface area contributed by atoms with Crippen LogP contribution in [0.3, 0.4) is 0 Å². The van der Waals surface area contributed by atoms with Crippen molar-refractivity contribution in [1.82, 2.24) is 5.32 Å². The number of benzene rings is 1. The summed E-state index contributed by atoms with van der Waals surface area (Å²) in [6.07, 6.45) is 2.91. The summed E-state index contributed by atoms with van der Waals surface area (Å²) in [5.41, 5.74) is 13.5. The van der Waals surface area contributed by atoms with Crippen molar-refractivity contribution in [2.45, 2.75) is 82.3 Å². The molecule has 28 heavy (non-hydrogen) atoms. The summed E-state index contributed by atoms with van der Waals surface area (Å²) in [4.78, 5) is 11.4. The average molecular weight is 392 g/mol. The summed E-state index contributed by atoms with van der Waals surface area (Å²) in [5, 5.41) is 3.44. The van der Waals surface area contributed by atoms with Gasteiger partial charge in [-0.2, -0.15) is 0 Å². The van der Waals surface area contributed by atoms with E-state index in [1.807, 2.05) is 18.2 Å². The van der Waals surface area contributed by atoms with E-state index >= 15 is 0 Å². The summed E-state index contributed by atoms with van der Waals surface area (Å²) in [7, 11) is 0. The topological polar surface area (TPSA) is 109 Å². The van der Waals surface area contributed by atoms with Crippen molar-refractivity contribution in [3.63, 3.8) is 0 Å². The maximum absolute atomic E-state index is 11.4. The lowest BCUT2D eigenvalue weighted by molar-refractivity contribution is -0.243. The summed E-state index contributed by atoms with van der Waals surface area (Å²) < 4.78 is 17.8.